The van der Waals surface area contributed by atoms with Gasteiger partial charge < -0.3 is 19.5 Å². The first-order valence-electron chi connectivity index (χ1n) is 10.3. The molecule has 0 saturated heterocycles. The topological polar surface area (TPSA) is 93.5 Å². The third kappa shape index (κ3) is 4.12. The smallest absolute Gasteiger partial charge is 0.264 e. The molecule has 4 rings (SSSR count). The van der Waals surface area contributed by atoms with Crippen molar-refractivity contribution in [3.05, 3.63) is 93.0 Å². The second-order valence-electron chi connectivity index (χ2n) is 7.57. The average Bonchev–Trinajstić information content (AvgIpc) is 2.84. The third-order valence-electron chi connectivity index (χ3n) is 5.60. The van der Waals surface area contributed by atoms with Crippen LogP contribution in [0.1, 0.15) is 37.4 Å². The predicted molar refractivity (Wildman–Crippen MR) is 119 cm³/mol. The van der Waals surface area contributed by atoms with Gasteiger partial charge in [-0.1, -0.05) is 30.3 Å². The van der Waals surface area contributed by atoms with Crippen molar-refractivity contribution in [3.63, 3.8) is 0 Å². The van der Waals surface area contributed by atoms with E-state index >= 15 is 0 Å². The van der Waals surface area contributed by atoms with Crippen molar-refractivity contribution >= 4 is 11.8 Å². The highest BCUT2D eigenvalue weighted by Crippen LogP contribution is 2.23. The number of nitrogens with one attached hydrogen (secondary N) is 1. The van der Waals surface area contributed by atoms with Crippen LogP contribution in [-0.2, 0) is 19.5 Å². The number of carbonyl (C=O) groups excluding carboxylic acids is 2. The lowest BCUT2D eigenvalue weighted by Crippen LogP contribution is -2.41. The first-order valence-corrected chi connectivity index (χ1v) is 10.3. The van der Waals surface area contributed by atoms with Crippen LogP contribution in [0.15, 0.2) is 59.7 Å². The van der Waals surface area contributed by atoms with Gasteiger partial charge in [0.15, 0.2) is 0 Å². The Morgan fingerprint density at radius 2 is 1.94 bits per heavy atom. The SMILES string of the molecule is CNC(=O)c1c2c(cn(Cc3ccccc3)c1=O)CN(C(=O)c1ccc(OC)nc1)CC2. The summed E-state index contributed by atoms with van der Waals surface area (Å²) in [6.07, 6.45) is 3.68. The van der Waals surface area contributed by atoms with E-state index in [9.17, 15) is 14.4 Å². The molecule has 1 aliphatic rings. The predicted octanol–water partition coefficient (Wildman–Crippen LogP) is 1.86. The van der Waals surface area contributed by atoms with Crippen molar-refractivity contribution in [2.45, 2.75) is 19.5 Å². The Balaban J connectivity index is 1.69. The van der Waals surface area contributed by atoms with Crippen LogP contribution in [0.3, 0.4) is 0 Å². The Morgan fingerprint density at radius 1 is 1.16 bits per heavy atom. The molecule has 0 unspecified atom stereocenters. The molecule has 0 bridgehead atoms. The minimum absolute atomic E-state index is 0.152. The summed E-state index contributed by atoms with van der Waals surface area (Å²) >= 11 is 0. The monoisotopic (exact) mass is 432 g/mol. The number of pyridine rings is 2. The average molecular weight is 432 g/mol. The van der Waals surface area contributed by atoms with Crippen LogP contribution in [0, 0.1) is 0 Å². The molecule has 1 N–H and O–H groups in total. The molecule has 0 radical (unpaired) electrons. The van der Waals surface area contributed by atoms with Gasteiger partial charge in [-0.2, -0.15) is 0 Å². The first-order chi connectivity index (χ1) is 15.5. The molecule has 0 spiro atoms. The lowest BCUT2D eigenvalue weighted by atomic mass is 9.95. The van der Waals surface area contributed by atoms with Gasteiger partial charge in [0.25, 0.3) is 17.4 Å². The van der Waals surface area contributed by atoms with E-state index in [0.29, 0.717) is 43.1 Å². The van der Waals surface area contributed by atoms with Crippen LogP contribution in [0.5, 0.6) is 5.88 Å². The number of rotatable bonds is 5. The molecule has 3 heterocycles. The summed E-state index contributed by atoms with van der Waals surface area (Å²) in [7, 11) is 3.03. The van der Waals surface area contributed by atoms with Gasteiger partial charge in [0.1, 0.15) is 5.56 Å². The molecule has 0 saturated carbocycles. The van der Waals surface area contributed by atoms with Crippen LogP contribution in [0.25, 0.3) is 0 Å². The zero-order chi connectivity index (χ0) is 22.7. The number of hydrogen-bond donors (Lipinski definition) is 1. The molecule has 8 heteroatoms. The van der Waals surface area contributed by atoms with E-state index < -0.39 is 5.91 Å². The highest BCUT2D eigenvalue weighted by atomic mass is 16.5. The van der Waals surface area contributed by atoms with Gasteiger partial charge in [0.05, 0.1) is 19.2 Å². The van der Waals surface area contributed by atoms with Gasteiger partial charge in [-0.05, 0) is 29.2 Å². The molecular formula is C24H24N4O4. The summed E-state index contributed by atoms with van der Waals surface area (Å²) in [5, 5.41) is 2.58. The van der Waals surface area contributed by atoms with Crippen LogP contribution in [0.4, 0.5) is 0 Å². The van der Waals surface area contributed by atoms with Gasteiger partial charge in [-0.15, -0.1) is 0 Å². The van der Waals surface area contributed by atoms with Crippen LogP contribution < -0.4 is 15.6 Å². The highest BCUT2D eigenvalue weighted by Gasteiger charge is 2.28. The van der Waals surface area contributed by atoms with Crippen molar-refractivity contribution < 1.29 is 14.3 Å². The molecule has 2 amide bonds. The van der Waals surface area contributed by atoms with Gasteiger partial charge in [0, 0.05) is 38.6 Å². The number of carbonyl (C=O) groups is 2. The standard InChI is InChI=1S/C24H24N4O4/c1-25-22(29)21-19-10-11-27(23(30)17-8-9-20(32-2)26-12-17)14-18(19)15-28(24(21)31)13-16-6-4-3-5-7-16/h3-9,12,15H,10-11,13-14H2,1-2H3,(H,25,29). The molecule has 32 heavy (non-hydrogen) atoms. The summed E-state index contributed by atoms with van der Waals surface area (Å²) in [5.41, 5.74) is 2.73. The van der Waals surface area contributed by atoms with Crippen LogP contribution >= 0.6 is 0 Å². The van der Waals surface area contributed by atoms with E-state index in [1.54, 1.807) is 27.8 Å². The van der Waals surface area contributed by atoms with Crippen molar-refractivity contribution in [1.29, 1.82) is 0 Å². The second kappa shape index (κ2) is 9.05. The van der Waals surface area contributed by atoms with Crippen molar-refractivity contribution in [2.75, 3.05) is 20.7 Å². The molecule has 0 atom stereocenters. The van der Waals surface area contributed by atoms with E-state index in [4.69, 9.17) is 4.74 Å². The number of benzene rings is 1. The minimum Gasteiger partial charge on any atom is -0.481 e. The van der Waals surface area contributed by atoms with Gasteiger partial charge in [-0.3, -0.25) is 14.4 Å². The number of methoxy groups -OCH3 is 1. The normalized spacial score (nSPS) is 12.8. The fourth-order valence-electron chi connectivity index (χ4n) is 3.95. The third-order valence-corrected chi connectivity index (χ3v) is 5.60. The van der Waals surface area contributed by atoms with Crippen LogP contribution in [0.2, 0.25) is 0 Å². The largest absolute Gasteiger partial charge is 0.481 e. The Morgan fingerprint density at radius 3 is 2.59 bits per heavy atom. The number of aromatic nitrogens is 2. The van der Waals surface area contributed by atoms with Crippen molar-refractivity contribution in [3.8, 4) is 5.88 Å². The molecule has 8 nitrogen and oxygen atoms in total. The van der Waals surface area contributed by atoms with Gasteiger partial charge >= 0.3 is 0 Å². The molecule has 2 aromatic heterocycles. The van der Waals surface area contributed by atoms with Crippen molar-refractivity contribution in [1.82, 2.24) is 19.8 Å². The van der Waals surface area contributed by atoms with Gasteiger partial charge in [0.2, 0.25) is 5.88 Å². The van der Waals surface area contributed by atoms with E-state index in [0.717, 1.165) is 11.1 Å². The van der Waals surface area contributed by atoms with Gasteiger partial charge in [-0.25, -0.2) is 4.98 Å². The summed E-state index contributed by atoms with van der Waals surface area (Å²) < 4.78 is 6.60. The first kappa shape index (κ1) is 21.3. The zero-order valence-corrected chi connectivity index (χ0v) is 18.0. The lowest BCUT2D eigenvalue weighted by Gasteiger charge is -2.30. The van der Waals surface area contributed by atoms with Crippen molar-refractivity contribution in [2.24, 2.45) is 0 Å². The second-order valence-corrected chi connectivity index (χ2v) is 7.57. The maximum atomic E-state index is 13.1. The maximum absolute atomic E-state index is 13.1. The minimum atomic E-state index is -0.409. The number of hydrogen-bond acceptors (Lipinski definition) is 5. The number of ether oxygens (including phenoxy) is 1. The molecule has 1 aromatic carbocycles. The van der Waals surface area contributed by atoms with Crippen LogP contribution in [-0.4, -0.2) is 47.0 Å². The number of fused-ring (bicyclic) bond motifs is 1. The lowest BCUT2D eigenvalue weighted by molar-refractivity contribution is 0.0733. The van der Waals surface area contributed by atoms with E-state index in [1.165, 1.54) is 20.4 Å². The van der Waals surface area contributed by atoms with E-state index in [2.05, 4.69) is 10.3 Å². The fourth-order valence-corrected chi connectivity index (χ4v) is 3.95. The Kier molecular flexibility index (Phi) is 6.02. The molecule has 0 aliphatic carbocycles. The number of amides is 2. The summed E-state index contributed by atoms with van der Waals surface area (Å²) in [5.74, 6) is -0.133. The van der Waals surface area contributed by atoms with E-state index in [-0.39, 0.29) is 17.0 Å². The summed E-state index contributed by atoms with van der Waals surface area (Å²) in [6.45, 7) is 1.05. The maximum Gasteiger partial charge on any atom is 0.264 e. The highest BCUT2D eigenvalue weighted by molar-refractivity contribution is 5.96. The quantitative estimate of drug-likeness (QED) is 0.664. The fraction of sp³-hybridized carbons (Fsp3) is 0.250. The zero-order valence-electron chi connectivity index (χ0n) is 18.0. The summed E-state index contributed by atoms with van der Waals surface area (Å²) in [6, 6.07) is 12.9. The Hall–Kier alpha value is -3.94. The molecule has 1 aliphatic heterocycles. The Bertz CT molecular complexity index is 1200. The summed E-state index contributed by atoms with van der Waals surface area (Å²) in [4.78, 5) is 44.6. The number of nitrogens with zero attached hydrogens (tertiary/aromatic N) is 3. The molecular weight excluding hydrogens is 408 g/mol. The molecule has 0 fully saturated rings. The van der Waals surface area contributed by atoms with E-state index in [1.807, 2.05) is 30.3 Å². The Labute approximate surface area is 185 Å². The molecule has 3 aromatic rings. The molecule has 164 valence electrons.